The Balaban J connectivity index is 0.000000140. The molecule has 120 heavy (non-hydrogen) atoms. The molecular formula is C104H48N12O4. The highest BCUT2D eigenvalue weighted by Crippen LogP contribution is 2.51. The molecule has 0 saturated carbocycles. The number of para-hydroxylation sites is 8. The van der Waals surface area contributed by atoms with Crippen LogP contribution in [-0.2, 0) is 0 Å². The lowest BCUT2D eigenvalue weighted by Crippen LogP contribution is -2.01. The molecule has 0 unspecified atom stereocenters. The van der Waals surface area contributed by atoms with E-state index < -0.39 is 0 Å². The summed E-state index contributed by atoms with van der Waals surface area (Å²) in [5.74, 6) is 0. The molecule has 0 aliphatic rings. The molecule has 16 aromatic carbocycles. The van der Waals surface area contributed by atoms with E-state index in [4.69, 9.17) is 37.4 Å². The van der Waals surface area contributed by atoms with Gasteiger partial charge in [-0.25, -0.2) is 14.5 Å². The number of rotatable bonds is 6. The molecular weight excluding hydrogens is 1480 g/mol. The first-order valence-corrected chi connectivity index (χ1v) is 38.4. The van der Waals surface area contributed by atoms with Crippen LogP contribution < -0.4 is 0 Å². The van der Waals surface area contributed by atoms with Crippen LogP contribution in [0.5, 0.6) is 0 Å². The molecule has 0 atom stereocenters. The Labute approximate surface area is 678 Å². The van der Waals surface area contributed by atoms with Gasteiger partial charge in [0.15, 0.2) is 5.69 Å². The third-order valence-electron chi connectivity index (χ3n) is 23.7. The Morgan fingerprint density at radius 1 is 0.242 bits per heavy atom. The Bertz CT molecular complexity index is 8670. The zero-order valence-electron chi connectivity index (χ0n) is 62.7. The molecule has 0 bridgehead atoms. The molecule has 8 heterocycles. The molecule has 0 N–H and O–H groups in total. The molecule has 24 aromatic rings. The smallest absolute Gasteiger partial charge is 0.212 e. The van der Waals surface area contributed by atoms with Crippen LogP contribution in [0.15, 0.2) is 309 Å². The van der Waals surface area contributed by atoms with E-state index in [1.807, 2.05) is 221 Å². The lowest BCUT2D eigenvalue weighted by atomic mass is 9.92. The minimum atomic E-state index is 0.0940. The number of aromatic nitrogens is 4. The van der Waals surface area contributed by atoms with Crippen LogP contribution in [0, 0.1) is 76.4 Å². The predicted octanol–water partition coefficient (Wildman–Crippen LogP) is 27.7. The summed E-state index contributed by atoms with van der Waals surface area (Å²) in [7, 11) is 0. The van der Waals surface area contributed by atoms with E-state index in [0.717, 1.165) is 175 Å². The summed E-state index contributed by atoms with van der Waals surface area (Å²) in [5, 5.41) is 69.2. The minimum Gasteiger partial charge on any atom is -0.456 e. The van der Waals surface area contributed by atoms with Gasteiger partial charge in [-0.1, -0.05) is 146 Å². The van der Waals surface area contributed by atoms with Crippen molar-refractivity contribution < 1.29 is 17.7 Å². The summed E-state index contributed by atoms with van der Waals surface area (Å²) in [6.45, 7) is 25.1. The van der Waals surface area contributed by atoms with Crippen molar-refractivity contribution in [2.45, 2.75) is 0 Å². The minimum absolute atomic E-state index is 0.0940. The molecule has 0 spiro atoms. The second-order valence-corrected chi connectivity index (χ2v) is 29.6. The zero-order valence-corrected chi connectivity index (χ0v) is 62.7. The van der Waals surface area contributed by atoms with Gasteiger partial charge in [0.05, 0.1) is 126 Å². The lowest BCUT2D eigenvalue weighted by Gasteiger charge is -2.17. The maximum absolute atomic E-state index is 10.8. The molecule has 8 aromatic heterocycles. The fourth-order valence-electron chi connectivity index (χ4n) is 18.8. The Kier molecular flexibility index (Phi) is 14.5. The van der Waals surface area contributed by atoms with E-state index in [2.05, 4.69) is 109 Å². The van der Waals surface area contributed by atoms with Gasteiger partial charge in [-0.05, 0) is 168 Å². The van der Waals surface area contributed by atoms with Crippen molar-refractivity contribution in [3.8, 4) is 75.3 Å². The highest BCUT2D eigenvalue weighted by molar-refractivity contribution is 6.30. The standard InChI is InChI=1S/2C52H24N6O2/c1-55-39-24-30(28-54)45(57-41-15-7-3-13-35(41)49-43(57)21-19-33-31-11-5-9-17-47(31)59-51(33)49)26-38(39)37-25-46(40(56-2)23-29(37)27-53)58-42-16-8-4-14-36(42)50-44(58)22-20-34-32-12-6-10-18-48(32)60-52(34)50;1-56-52-30(27-54)23-32(58-41-15-7-3-11-34(41)49-43(58)19-21-47-51(49)36-13-5-9-17-45(36)60-47)25-38(52)37-24-31(22-29(26-53)39(37)28-55)57-40-14-6-2-10-33(40)48-42(57)18-20-46-50(48)35-12-4-8-16-44(35)59-46/h3-26H;2-25H. The highest BCUT2D eigenvalue weighted by atomic mass is 16.3. The summed E-state index contributed by atoms with van der Waals surface area (Å²) in [6.07, 6.45) is 0. The molecule has 16 heteroatoms. The van der Waals surface area contributed by atoms with E-state index in [-0.39, 0.29) is 39.3 Å². The highest BCUT2D eigenvalue weighted by Gasteiger charge is 2.30. The largest absolute Gasteiger partial charge is 0.456 e. The van der Waals surface area contributed by atoms with Crippen molar-refractivity contribution in [1.29, 1.82) is 26.3 Å². The van der Waals surface area contributed by atoms with Gasteiger partial charge >= 0.3 is 0 Å². The average Bonchev–Trinajstić information content (AvgIpc) is 1.57. The number of fused-ring (bicyclic) bond motifs is 28. The third kappa shape index (κ3) is 9.42. The van der Waals surface area contributed by atoms with Crippen molar-refractivity contribution in [2.75, 3.05) is 0 Å². The summed E-state index contributed by atoms with van der Waals surface area (Å²) in [5.41, 5.74) is 18.6. The summed E-state index contributed by atoms with van der Waals surface area (Å²) in [6, 6.07) is 106. The van der Waals surface area contributed by atoms with E-state index in [1.54, 1.807) is 24.3 Å². The number of furan rings is 4. The van der Waals surface area contributed by atoms with Crippen LogP contribution in [0.3, 0.4) is 0 Å². The number of nitriles is 5. The van der Waals surface area contributed by atoms with E-state index >= 15 is 0 Å². The van der Waals surface area contributed by atoms with Gasteiger partial charge in [0, 0.05) is 92.3 Å². The number of hydrogen-bond donors (Lipinski definition) is 0. The van der Waals surface area contributed by atoms with Crippen molar-refractivity contribution in [3.05, 3.63) is 353 Å². The molecule has 16 nitrogen and oxygen atoms in total. The van der Waals surface area contributed by atoms with Gasteiger partial charge in [-0.2, -0.15) is 26.3 Å². The average molecular weight is 1530 g/mol. The molecule has 24 rings (SSSR count). The van der Waals surface area contributed by atoms with E-state index in [1.165, 1.54) is 0 Å². The van der Waals surface area contributed by atoms with Crippen LogP contribution in [0.4, 0.5) is 17.1 Å². The molecule has 0 fully saturated rings. The first kappa shape index (κ1) is 67.5. The van der Waals surface area contributed by atoms with Gasteiger partial charge in [0.25, 0.3) is 0 Å². The van der Waals surface area contributed by atoms with Crippen molar-refractivity contribution in [3.63, 3.8) is 0 Å². The van der Waals surface area contributed by atoms with Crippen molar-refractivity contribution >= 4 is 192 Å². The number of hydrogen-bond acceptors (Lipinski definition) is 9. The van der Waals surface area contributed by atoms with Gasteiger partial charge in [0.1, 0.15) is 56.8 Å². The van der Waals surface area contributed by atoms with Crippen LogP contribution in [0.25, 0.3) is 235 Å². The first-order valence-electron chi connectivity index (χ1n) is 38.4. The summed E-state index contributed by atoms with van der Waals surface area (Å²) < 4.78 is 33.9. The fourth-order valence-corrected chi connectivity index (χ4v) is 18.8. The summed E-state index contributed by atoms with van der Waals surface area (Å²) >= 11 is 0. The molecule has 0 saturated heterocycles. The van der Waals surface area contributed by atoms with Crippen LogP contribution in [0.2, 0.25) is 0 Å². The topological polar surface area (TPSA) is 204 Å². The van der Waals surface area contributed by atoms with Gasteiger partial charge in [0.2, 0.25) is 11.4 Å². The maximum Gasteiger partial charge on any atom is 0.212 e. The van der Waals surface area contributed by atoms with E-state index in [0.29, 0.717) is 50.6 Å². The monoisotopic (exact) mass is 1530 g/mol. The quantitative estimate of drug-likeness (QED) is 0.145. The molecule has 0 aliphatic heterocycles. The molecule has 548 valence electrons. The molecule has 0 radical (unpaired) electrons. The molecule has 0 aliphatic carbocycles. The lowest BCUT2D eigenvalue weighted by molar-refractivity contribution is 0.669. The Hall–Kier alpha value is -18.2. The summed E-state index contributed by atoms with van der Waals surface area (Å²) in [4.78, 5) is 11.8. The Morgan fingerprint density at radius 3 is 1.09 bits per heavy atom. The van der Waals surface area contributed by atoms with Gasteiger partial charge in [-0.3, -0.25) is 0 Å². The van der Waals surface area contributed by atoms with Crippen molar-refractivity contribution in [1.82, 2.24) is 18.3 Å². The third-order valence-corrected chi connectivity index (χ3v) is 23.7. The van der Waals surface area contributed by atoms with Gasteiger partial charge in [-0.15, -0.1) is 0 Å². The van der Waals surface area contributed by atoms with Gasteiger partial charge < -0.3 is 35.9 Å². The predicted molar refractivity (Wildman–Crippen MR) is 473 cm³/mol. The second-order valence-electron chi connectivity index (χ2n) is 29.6. The fraction of sp³-hybridized carbons (Fsp3) is 0. The van der Waals surface area contributed by atoms with Crippen molar-refractivity contribution in [2.24, 2.45) is 0 Å². The van der Waals surface area contributed by atoms with Crippen LogP contribution in [-0.4, -0.2) is 18.3 Å². The second kappa shape index (κ2) is 25.7. The number of benzene rings is 16. The first-order chi connectivity index (χ1) is 59.2. The van der Waals surface area contributed by atoms with Crippen LogP contribution in [0.1, 0.15) is 27.8 Å². The Morgan fingerprint density at radius 2 is 0.625 bits per heavy atom. The SMILES string of the molecule is [C-]#[N+]c1c(C#N)cc(-n2c3ccccc3c3c4c(ccc32)oc2ccccc24)cc1-c1cc(-n2c3ccccc3c3c4c(ccc32)oc2ccccc24)cc(C#N)c1C#N.[C-]#[N+]c1cc(C#N)c(-n2c3ccccc3c3c4oc5ccccc5c4ccc32)cc1-c1cc(-n2c3ccccc3c3c4oc5ccccc5c4ccc32)c([N+]#[C-])cc1C#N. The van der Waals surface area contributed by atoms with E-state index in [9.17, 15) is 26.3 Å². The normalized spacial score (nSPS) is 11.6. The molecule has 0 amide bonds. The maximum atomic E-state index is 10.8. The number of nitrogens with zero attached hydrogens (tertiary/aromatic N) is 12. The zero-order chi connectivity index (χ0) is 80.4. The van der Waals surface area contributed by atoms with Crippen LogP contribution >= 0.6 is 0 Å².